The Bertz CT molecular complexity index is 1400. The number of fused-ring (bicyclic) bond motifs is 4. The molecule has 6 heteroatoms. The van der Waals surface area contributed by atoms with E-state index >= 15 is 0 Å². The van der Waals surface area contributed by atoms with Crippen molar-refractivity contribution in [1.29, 1.82) is 0 Å². The van der Waals surface area contributed by atoms with Crippen molar-refractivity contribution in [1.82, 2.24) is 9.47 Å². The molecule has 2 atom stereocenters. The molecule has 5 nitrogen and oxygen atoms in total. The van der Waals surface area contributed by atoms with Crippen LogP contribution in [0.25, 0.3) is 11.0 Å². The SMILES string of the molecule is CN1c2ccccc2C2(C)CCN(C(=O)Cn3c[n+](Cc4ccc(Br)cc4)c4ccccc43)C12. The third kappa shape index (κ3) is 3.27. The molecule has 0 aliphatic carbocycles. The highest BCUT2D eigenvalue weighted by Crippen LogP contribution is 2.51. The van der Waals surface area contributed by atoms with Crippen LogP contribution in [0.15, 0.2) is 83.6 Å². The van der Waals surface area contributed by atoms with Gasteiger partial charge >= 0.3 is 0 Å². The number of likely N-dealkylation sites (N-methyl/N-ethyl adjacent to an activating group) is 1. The zero-order valence-electron chi connectivity index (χ0n) is 19.5. The first kappa shape index (κ1) is 21.4. The minimum Gasteiger partial charge on any atom is -0.353 e. The molecule has 0 bridgehead atoms. The number of imidazole rings is 1. The van der Waals surface area contributed by atoms with E-state index in [9.17, 15) is 4.79 Å². The molecule has 6 rings (SSSR count). The molecular formula is C28H28BrN4O+. The van der Waals surface area contributed by atoms with E-state index in [-0.39, 0.29) is 17.5 Å². The van der Waals surface area contributed by atoms with Crippen LogP contribution < -0.4 is 9.47 Å². The molecule has 34 heavy (non-hydrogen) atoms. The summed E-state index contributed by atoms with van der Waals surface area (Å²) in [6.45, 7) is 4.20. The fraction of sp³-hybridized carbons (Fsp3) is 0.286. The molecule has 0 radical (unpaired) electrons. The van der Waals surface area contributed by atoms with E-state index in [1.54, 1.807) is 0 Å². The summed E-state index contributed by atoms with van der Waals surface area (Å²) >= 11 is 3.51. The highest BCUT2D eigenvalue weighted by Gasteiger charge is 2.54. The normalized spacial score (nSPS) is 21.2. The number of nitrogens with zero attached hydrogens (tertiary/aromatic N) is 4. The van der Waals surface area contributed by atoms with Crippen LogP contribution in [-0.4, -0.2) is 35.1 Å². The van der Waals surface area contributed by atoms with Crippen LogP contribution in [-0.2, 0) is 23.3 Å². The van der Waals surface area contributed by atoms with Crippen molar-refractivity contribution in [2.45, 2.75) is 38.0 Å². The van der Waals surface area contributed by atoms with Gasteiger partial charge in [-0.3, -0.25) is 4.79 Å². The van der Waals surface area contributed by atoms with Gasteiger partial charge in [0.15, 0.2) is 17.6 Å². The summed E-state index contributed by atoms with van der Waals surface area (Å²) in [5, 5.41) is 0. The third-order valence-electron chi connectivity index (χ3n) is 7.67. The first-order chi connectivity index (χ1) is 16.5. The van der Waals surface area contributed by atoms with E-state index in [2.05, 4.69) is 122 Å². The summed E-state index contributed by atoms with van der Waals surface area (Å²) in [4.78, 5) is 18.1. The average molecular weight is 516 g/mol. The number of rotatable bonds is 4. The van der Waals surface area contributed by atoms with Crippen LogP contribution in [0, 0.1) is 0 Å². The average Bonchev–Trinajstić information content (AvgIpc) is 3.45. The second kappa shape index (κ2) is 7.98. The molecule has 1 saturated heterocycles. The van der Waals surface area contributed by atoms with E-state index in [0.29, 0.717) is 6.54 Å². The number of hydrogen-bond acceptors (Lipinski definition) is 2. The highest BCUT2D eigenvalue weighted by atomic mass is 79.9. The molecule has 0 saturated carbocycles. The Balaban J connectivity index is 1.29. The van der Waals surface area contributed by atoms with Crippen LogP contribution in [0.3, 0.4) is 0 Å². The third-order valence-corrected chi connectivity index (χ3v) is 8.20. The van der Waals surface area contributed by atoms with Crippen LogP contribution in [0.5, 0.6) is 0 Å². The molecule has 3 aromatic carbocycles. The monoisotopic (exact) mass is 515 g/mol. The van der Waals surface area contributed by atoms with Gasteiger partial charge in [-0.1, -0.05) is 65.3 Å². The minimum atomic E-state index is -0.0265. The van der Waals surface area contributed by atoms with Crippen molar-refractivity contribution in [2.75, 3.05) is 18.5 Å². The maximum absolute atomic E-state index is 13.7. The molecule has 0 N–H and O–H groups in total. The van der Waals surface area contributed by atoms with Crippen molar-refractivity contribution in [3.63, 3.8) is 0 Å². The maximum Gasteiger partial charge on any atom is 0.266 e. The molecule has 1 amide bonds. The summed E-state index contributed by atoms with van der Waals surface area (Å²) in [7, 11) is 2.12. The lowest BCUT2D eigenvalue weighted by Gasteiger charge is -2.34. The molecule has 2 unspecified atom stereocenters. The Labute approximate surface area is 208 Å². The number of amides is 1. The summed E-state index contributed by atoms with van der Waals surface area (Å²) in [5.41, 5.74) is 6.01. The Morgan fingerprint density at radius 1 is 1.06 bits per heavy atom. The molecule has 4 aromatic rings. The lowest BCUT2D eigenvalue weighted by molar-refractivity contribution is -0.663. The fourth-order valence-electron chi connectivity index (χ4n) is 6.03. The first-order valence-corrected chi connectivity index (χ1v) is 12.6. The number of aromatic nitrogens is 2. The van der Waals surface area contributed by atoms with Gasteiger partial charge in [0.2, 0.25) is 6.33 Å². The van der Waals surface area contributed by atoms with Gasteiger partial charge < -0.3 is 9.80 Å². The van der Waals surface area contributed by atoms with Crippen molar-refractivity contribution in [3.8, 4) is 0 Å². The maximum atomic E-state index is 13.7. The number of likely N-dealkylation sites (tertiary alicyclic amines) is 1. The van der Waals surface area contributed by atoms with Gasteiger partial charge in [0, 0.05) is 29.2 Å². The number of carbonyl (C=O) groups excluding carboxylic acids is 1. The Hall–Kier alpha value is -3.12. The standard InChI is InChI=1S/C28H28BrN4O/c1-28-15-16-33(27(28)30(2)23-8-4-3-7-22(23)28)26(34)18-32-19-31(24-9-5-6-10-25(24)32)17-20-11-13-21(29)14-12-20/h3-14,19,27H,15-18H2,1-2H3/q+1. The number of halogens is 1. The zero-order chi connectivity index (χ0) is 23.4. The minimum absolute atomic E-state index is 0.0265. The molecule has 172 valence electrons. The van der Waals surface area contributed by atoms with E-state index in [0.717, 1.165) is 35.0 Å². The van der Waals surface area contributed by atoms with Crippen LogP contribution in [0.4, 0.5) is 5.69 Å². The van der Waals surface area contributed by atoms with Gasteiger partial charge in [-0.2, -0.15) is 0 Å². The summed E-state index contributed by atoms with van der Waals surface area (Å²) in [5.74, 6) is 0.171. The summed E-state index contributed by atoms with van der Waals surface area (Å²) in [6.07, 6.45) is 3.14. The largest absolute Gasteiger partial charge is 0.353 e. The lowest BCUT2D eigenvalue weighted by Crippen LogP contribution is -2.50. The number of anilines is 1. The lowest BCUT2D eigenvalue weighted by atomic mass is 9.81. The van der Waals surface area contributed by atoms with Crippen LogP contribution in [0.1, 0.15) is 24.5 Å². The van der Waals surface area contributed by atoms with E-state index in [1.165, 1.54) is 16.8 Å². The number of carbonyl (C=O) groups is 1. The van der Waals surface area contributed by atoms with Crippen LogP contribution in [0.2, 0.25) is 0 Å². The predicted molar refractivity (Wildman–Crippen MR) is 138 cm³/mol. The van der Waals surface area contributed by atoms with Crippen molar-refractivity contribution >= 4 is 38.6 Å². The second-order valence-electron chi connectivity index (χ2n) is 9.74. The van der Waals surface area contributed by atoms with E-state index < -0.39 is 0 Å². The summed E-state index contributed by atoms with van der Waals surface area (Å²) < 4.78 is 5.41. The highest BCUT2D eigenvalue weighted by molar-refractivity contribution is 9.10. The van der Waals surface area contributed by atoms with Gasteiger partial charge in [0.05, 0.1) is 0 Å². The molecule has 3 heterocycles. The Kier molecular flexibility index (Phi) is 5.03. The zero-order valence-corrected chi connectivity index (χ0v) is 21.1. The van der Waals surface area contributed by atoms with E-state index in [1.807, 2.05) is 6.07 Å². The van der Waals surface area contributed by atoms with Gasteiger partial charge in [-0.25, -0.2) is 9.13 Å². The van der Waals surface area contributed by atoms with Crippen molar-refractivity contribution in [3.05, 3.63) is 94.7 Å². The van der Waals surface area contributed by atoms with Crippen molar-refractivity contribution in [2.24, 2.45) is 0 Å². The Morgan fingerprint density at radius 3 is 2.62 bits per heavy atom. The Morgan fingerprint density at radius 2 is 1.79 bits per heavy atom. The quantitative estimate of drug-likeness (QED) is 0.369. The first-order valence-electron chi connectivity index (χ1n) is 11.8. The topological polar surface area (TPSA) is 32.4 Å². The molecule has 0 spiro atoms. The smallest absolute Gasteiger partial charge is 0.266 e. The van der Waals surface area contributed by atoms with Gasteiger partial charge in [-0.05, 0) is 47.9 Å². The molecular weight excluding hydrogens is 488 g/mol. The van der Waals surface area contributed by atoms with Gasteiger partial charge in [0.1, 0.15) is 12.7 Å². The van der Waals surface area contributed by atoms with Gasteiger partial charge in [0.25, 0.3) is 5.91 Å². The van der Waals surface area contributed by atoms with E-state index in [4.69, 9.17) is 0 Å². The number of hydrogen-bond donors (Lipinski definition) is 0. The van der Waals surface area contributed by atoms with Gasteiger partial charge in [-0.15, -0.1) is 0 Å². The molecule has 1 fully saturated rings. The predicted octanol–water partition coefficient (Wildman–Crippen LogP) is 4.71. The molecule has 1 aromatic heterocycles. The fourth-order valence-corrected chi connectivity index (χ4v) is 6.30. The molecule has 2 aliphatic rings. The second-order valence-corrected chi connectivity index (χ2v) is 10.7. The summed E-state index contributed by atoms with van der Waals surface area (Å²) in [6, 6.07) is 25.3. The van der Waals surface area contributed by atoms with Crippen molar-refractivity contribution < 1.29 is 9.36 Å². The van der Waals surface area contributed by atoms with Crippen LogP contribution >= 0.6 is 15.9 Å². The number of benzene rings is 3. The molecule has 2 aliphatic heterocycles. The number of para-hydroxylation sites is 3.